The first kappa shape index (κ1) is 10.7. The van der Waals surface area contributed by atoms with Gasteiger partial charge in [-0.25, -0.2) is 4.39 Å². The Balaban J connectivity index is 2.86. The maximum atomic E-state index is 13.2. The number of hydrogen-bond acceptors (Lipinski definition) is 1. The van der Waals surface area contributed by atoms with Gasteiger partial charge in [0, 0.05) is 17.9 Å². The first-order chi connectivity index (χ1) is 6.65. The second-order valence-corrected chi connectivity index (χ2v) is 3.19. The third kappa shape index (κ3) is 2.58. The molecule has 0 bridgehead atoms. The standard InChI is InChI=1S/C11H8ClFO/c1-2-3-4-11(14)9-6-5-8(12)7-10(9)13/h1,5-7H,3-4H2. The molecule has 0 heterocycles. The maximum absolute atomic E-state index is 13.2. The highest BCUT2D eigenvalue weighted by Gasteiger charge is 2.10. The van der Waals surface area contributed by atoms with E-state index in [4.69, 9.17) is 18.0 Å². The molecule has 1 nitrogen and oxygen atoms in total. The Hall–Kier alpha value is -1.33. The van der Waals surface area contributed by atoms with Crippen LogP contribution in [0.5, 0.6) is 0 Å². The van der Waals surface area contributed by atoms with Gasteiger partial charge in [-0.3, -0.25) is 4.79 Å². The molecule has 1 aromatic carbocycles. The molecular formula is C11H8ClFO. The Morgan fingerprint density at radius 1 is 1.57 bits per heavy atom. The van der Waals surface area contributed by atoms with E-state index in [1.165, 1.54) is 12.1 Å². The van der Waals surface area contributed by atoms with Crippen LogP contribution in [0.15, 0.2) is 18.2 Å². The van der Waals surface area contributed by atoms with Crippen LogP contribution in [0.3, 0.4) is 0 Å². The van der Waals surface area contributed by atoms with Gasteiger partial charge in [0.25, 0.3) is 0 Å². The summed E-state index contributed by atoms with van der Waals surface area (Å²) in [5, 5.41) is 0.274. The summed E-state index contributed by atoms with van der Waals surface area (Å²) in [5.74, 6) is 1.44. The fraction of sp³-hybridized carbons (Fsp3) is 0.182. The van der Waals surface area contributed by atoms with Crippen molar-refractivity contribution in [3.05, 3.63) is 34.6 Å². The molecule has 0 fully saturated rings. The highest BCUT2D eigenvalue weighted by molar-refractivity contribution is 6.30. The number of carbonyl (C=O) groups excluding carboxylic acids is 1. The quantitative estimate of drug-likeness (QED) is 0.554. The fourth-order valence-electron chi connectivity index (χ4n) is 1.04. The molecule has 0 amide bonds. The number of hydrogen-bond donors (Lipinski definition) is 0. The molecule has 14 heavy (non-hydrogen) atoms. The predicted octanol–water partition coefficient (Wildman–Crippen LogP) is 3.08. The summed E-state index contributed by atoms with van der Waals surface area (Å²) in [6.45, 7) is 0. The molecule has 1 aromatic rings. The smallest absolute Gasteiger partial charge is 0.166 e. The molecule has 3 heteroatoms. The van der Waals surface area contributed by atoms with Crippen LogP contribution in [0.2, 0.25) is 5.02 Å². The Bertz CT molecular complexity index is 393. The highest BCUT2D eigenvalue weighted by atomic mass is 35.5. The highest BCUT2D eigenvalue weighted by Crippen LogP contribution is 2.16. The lowest BCUT2D eigenvalue weighted by molar-refractivity contribution is 0.0980. The summed E-state index contributed by atoms with van der Waals surface area (Å²) < 4.78 is 13.2. The summed E-state index contributed by atoms with van der Waals surface area (Å²) in [7, 11) is 0. The van der Waals surface area contributed by atoms with Crippen molar-refractivity contribution in [2.75, 3.05) is 0 Å². The second kappa shape index (κ2) is 4.78. The van der Waals surface area contributed by atoms with Crippen molar-refractivity contribution >= 4 is 17.4 Å². The van der Waals surface area contributed by atoms with Crippen molar-refractivity contribution in [3.63, 3.8) is 0 Å². The Morgan fingerprint density at radius 3 is 2.86 bits per heavy atom. The SMILES string of the molecule is C#CCCC(=O)c1ccc(Cl)cc1F. The predicted molar refractivity (Wildman–Crippen MR) is 53.8 cm³/mol. The monoisotopic (exact) mass is 210 g/mol. The van der Waals surface area contributed by atoms with Gasteiger partial charge in [-0.05, 0) is 18.2 Å². The van der Waals surface area contributed by atoms with Crippen molar-refractivity contribution in [2.45, 2.75) is 12.8 Å². The molecule has 0 saturated heterocycles. The summed E-state index contributed by atoms with van der Waals surface area (Å²) in [4.78, 5) is 11.4. The fourth-order valence-corrected chi connectivity index (χ4v) is 1.19. The lowest BCUT2D eigenvalue weighted by atomic mass is 10.1. The van der Waals surface area contributed by atoms with Gasteiger partial charge in [0.05, 0.1) is 5.56 Å². The van der Waals surface area contributed by atoms with Gasteiger partial charge in [-0.1, -0.05) is 11.6 Å². The van der Waals surface area contributed by atoms with E-state index in [1.54, 1.807) is 0 Å². The average Bonchev–Trinajstić information content (AvgIpc) is 2.14. The number of rotatable bonds is 3. The lowest BCUT2D eigenvalue weighted by Gasteiger charge is -2.00. The van der Waals surface area contributed by atoms with Crippen LogP contribution in [-0.2, 0) is 0 Å². The topological polar surface area (TPSA) is 17.1 Å². The molecule has 0 spiro atoms. The molecule has 0 saturated carbocycles. The minimum Gasteiger partial charge on any atom is -0.294 e. The average molecular weight is 211 g/mol. The van der Waals surface area contributed by atoms with E-state index in [2.05, 4.69) is 5.92 Å². The summed E-state index contributed by atoms with van der Waals surface area (Å²) in [6, 6.07) is 3.97. The molecule has 1 rings (SSSR count). The first-order valence-electron chi connectivity index (χ1n) is 4.07. The molecule has 0 aliphatic rings. The van der Waals surface area contributed by atoms with Crippen LogP contribution in [0, 0.1) is 18.2 Å². The van der Waals surface area contributed by atoms with Gasteiger partial charge >= 0.3 is 0 Å². The van der Waals surface area contributed by atoms with Gasteiger partial charge in [0.1, 0.15) is 5.82 Å². The van der Waals surface area contributed by atoms with Gasteiger partial charge in [0.2, 0.25) is 0 Å². The normalized spacial score (nSPS) is 9.50. The van der Waals surface area contributed by atoms with Crippen LogP contribution >= 0.6 is 11.6 Å². The number of Topliss-reactive ketones (excluding diaryl/α,β-unsaturated/α-hetero) is 1. The summed E-state index contributed by atoms with van der Waals surface area (Å²) >= 11 is 5.54. The minimum atomic E-state index is -0.598. The van der Waals surface area contributed by atoms with E-state index >= 15 is 0 Å². The summed E-state index contributed by atoms with van der Waals surface area (Å²) in [5.41, 5.74) is 0.0460. The van der Waals surface area contributed by atoms with Crippen molar-refractivity contribution in [3.8, 4) is 12.3 Å². The van der Waals surface area contributed by atoms with Gasteiger partial charge in [0.15, 0.2) is 5.78 Å². The van der Waals surface area contributed by atoms with Crippen molar-refractivity contribution in [1.82, 2.24) is 0 Å². The Morgan fingerprint density at radius 2 is 2.29 bits per heavy atom. The number of ketones is 1. The van der Waals surface area contributed by atoms with Gasteiger partial charge < -0.3 is 0 Å². The minimum absolute atomic E-state index is 0.0460. The largest absolute Gasteiger partial charge is 0.294 e. The van der Waals surface area contributed by atoms with Crippen LogP contribution in [0.25, 0.3) is 0 Å². The molecule has 0 radical (unpaired) electrons. The number of halogens is 2. The first-order valence-corrected chi connectivity index (χ1v) is 4.44. The molecule has 0 aliphatic carbocycles. The van der Waals surface area contributed by atoms with Crippen molar-refractivity contribution in [2.24, 2.45) is 0 Å². The van der Waals surface area contributed by atoms with E-state index in [0.717, 1.165) is 6.07 Å². The van der Waals surface area contributed by atoms with E-state index in [9.17, 15) is 9.18 Å². The number of benzene rings is 1. The second-order valence-electron chi connectivity index (χ2n) is 2.75. The molecule has 0 aromatic heterocycles. The third-order valence-electron chi connectivity index (χ3n) is 1.73. The van der Waals surface area contributed by atoms with Crippen LogP contribution in [0.4, 0.5) is 4.39 Å². The van der Waals surface area contributed by atoms with Gasteiger partial charge in [-0.15, -0.1) is 12.3 Å². The number of terminal acetylenes is 1. The van der Waals surface area contributed by atoms with Crippen LogP contribution in [0.1, 0.15) is 23.2 Å². The lowest BCUT2D eigenvalue weighted by Crippen LogP contribution is -2.01. The maximum Gasteiger partial charge on any atom is 0.166 e. The van der Waals surface area contributed by atoms with Crippen LogP contribution < -0.4 is 0 Å². The van der Waals surface area contributed by atoms with E-state index < -0.39 is 5.82 Å². The van der Waals surface area contributed by atoms with E-state index in [-0.39, 0.29) is 22.8 Å². The molecule has 72 valence electrons. The van der Waals surface area contributed by atoms with Gasteiger partial charge in [-0.2, -0.15) is 0 Å². The zero-order valence-corrected chi connectivity index (χ0v) is 8.14. The third-order valence-corrected chi connectivity index (χ3v) is 1.96. The van der Waals surface area contributed by atoms with Crippen molar-refractivity contribution in [1.29, 1.82) is 0 Å². The van der Waals surface area contributed by atoms with Crippen LogP contribution in [-0.4, -0.2) is 5.78 Å². The molecular weight excluding hydrogens is 203 g/mol. The summed E-state index contributed by atoms with van der Waals surface area (Å²) in [6.07, 6.45) is 5.48. The molecule has 0 N–H and O–H groups in total. The van der Waals surface area contributed by atoms with Crippen molar-refractivity contribution < 1.29 is 9.18 Å². The number of carbonyl (C=O) groups is 1. The molecule has 0 unspecified atom stereocenters. The Labute approximate surface area is 86.9 Å². The Kier molecular flexibility index (Phi) is 3.67. The zero-order valence-electron chi connectivity index (χ0n) is 7.39. The molecule has 0 aliphatic heterocycles. The zero-order chi connectivity index (χ0) is 10.6. The van der Waals surface area contributed by atoms with E-state index in [0.29, 0.717) is 6.42 Å². The molecule has 0 atom stereocenters. The van der Waals surface area contributed by atoms with E-state index in [1.807, 2.05) is 0 Å².